The Morgan fingerprint density at radius 2 is 2.13 bits per heavy atom. The van der Waals surface area contributed by atoms with Crippen LogP contribution in [0, 0.1) is 0 Å². The van der Waals surface area contributed by atoms with E-state index in [1.165, 1.54) is 11.1 Å². The molecule has 0 bridgehead atoms. The van der Waals surface area contributed by atoms with Crippen LogP contribution < -0.4 is 0 Å². The fourth-order valence-corrected chi connectivity index (χ4v) is 2.07. The molecule has 0 unspecified atom stereocenters. The van der Waals surface area contributed by atoms with E-state index >= 15 is 0 Å². The number of halogens is 1. The van der Waals surface area contributed by atoms with Crippen LogP contribution in [0.25, 0.3) is 5.57 Å². The van der Waals surface area contributed by atoms with E-state index < -0.39 is 0 Å². The third-order valence-electron chi connectivity index (χ3n) is 2.64. The van der Waals surface area contributed by atoms with Crippen molar-refractivity contribution in [3.63, 3.8) is 0 Å². The van der Waals surface area contributed by atoms with E-state index in [1.807, 2.05) is 24.3 Å². The van der Waals surface area contributed by atoms with Crippen molar-refractivity contribution in [2.24, 2.45) is 9.98 Å². The lowest BCUT2D eigenvalue weighted by atomic mass is 10.00. The highest BCUT2D eigenvalue weighted by molar-refractivity contribution is 6.39. The molecule has 0 radical (unpaired) electrons. The normalized spacial score (nSPS) is 17.5. The van der Waals surface area contributed by atoms with Gasteiger partial charge in [-0.2, -0.15) is 0 Å². The molecule has 15 heavy (non-hydrogen) atoms. The van der Waals surface area contributed by atoms with Gasteiger partial charge in [0, 0.05) is 11.1 Å². The number of aliphatic imine (C=N–C) groups is 2. The zero-order valence-corrected chi connectivity index (χ0v) is 8.83. The highest BCUT2D eigenvalue weighted by Gasteiger charge is 2.22. The van der Waals surface area contributed by atoms with Crippen molar-refractivity contribution in [3.05, 3.63) is 35.9 Å². The molecule has 2 aliphatic heterocycles. The minimum atomic E-state index is 0.471. The minimum absolute atomic E-state index is 0.471. The molecule has 0 saturated heterocycles. The summed E-state index contributed by atoms with van der Waals surface area (Å²) in [6.45, 7) is 0.655. The highest BCUT2D eigenvalue weighted by Crippen LogP contribution is 2.35. The second-order valence-corrected chi connectivity index (χ2v) is 3.84. The zero-order chi connectivity index (χ0) is 10.3. The largest absolute Gasteiger partial charge is 0.282 e. The Bertz CT molecular complexity index is 512. The quantitative estimate of drug-likeness (QED) is 0.645. The molecule has 2 aliphatic rings. The fourth-order valence-electron chi connectivity index (χ4n) is 1.91. The number of benzene rings is 1. The van der Waals surface area contributed by atoms with Crippen LogP contribution in [0.2, 0.25) is 0 Å². The first-order chi connectivity index (χ1) is 7.38. The van der Waals surface area contributed by atoms with Crippen molar-refractivity contribution in [3.8, 4) is 0 Å². The molecule has 3 heteroatoms. The predicted molar refractivity (Wildman–Crippen MR) is 64.5 cm³/mol. The monoisotopic (exact) mass is 216 g/mol. The molecule has 0 spiro atoms. The van der Waals surface area contributed by atoms with Gasteiger partial charge in [-0.3, -0.25) is 9.98 Å². The van der Waals surface area contributed by atoms with E-state index in [2.05, 4.69) is 16.1 Å². The fraction of sp³-hybridized carbons (Fsp3) is 0.167. The van der Waals surface area contributed by atoms with E-state index in [-0.39, 0.29) is 0 Å². The smallest absolute Gasteiger partial charge is 0.0822 e. The van der Waals surface area contributed by atoms with Crippen molar-refractivity contribution < 1.29 is 0 Å². The first-order valence-corrected chi connectivity index (χ1v) is 5.40. The Morgan fingerprint density at radius 1 is 1.27 bits per heavy atom. The topological polar surface area (TPSA) is 24.7 Å². The van der Waals surface area contributed by atoms with E-state index in [9.17, 15) is 0 Å². The lowest BCUT2D eigenvalue weighted by molar-refractivity contribution is 1.29. The van der Waals surface area contributed by atoms with Crippen molar-refractivity contribution in [1.82, 2.24) is 0 Å². The maximum atomic E-state index is 5.78. The molecule has 0 amide bonds. The van der Waals surface area contributed by atoms with E-state index in [0.717, 1.165) is 17.1 Å². The molecule has 3 rings (SSSR count). The van der Waals surface area contributed by atoms with Crippen LogP contribution in [0.5, 0.6) is 0 Å². The molecule has 1 aromatic carbocycles. The van der Waals surface area contributed by atoms with Crippen molar-refractivity contribution in [2.45, 2.75) is 0 Å². The summed E-state index contributed by atoms with van der Waals surface area (Å²) in [5.74, 6) is 0.471. The van der Waals surface area contributed by atoms with Gasteiger partial charge in [-0.05, 0) is 12.1 Å². The van der Waals surface area contributed by atoms with Crippen LogP contribution >= 0.6 is 11.6 Å². The van der Waals surface area contributed by atoms with Crippen LogP contribution in [0.15, 0.2) is 40.3 Å². The first kappa shape index (κ1) is 8.86. The first-order valence-electron chi connectivity index (χ1n) is 4.87. The Hall–Kier alpha value is -1.41. The van der Waals surface area contributed by atoms with Crippen LogP contribution in [0.1, 0.15) is 5.56 Å². The Morgan fingerprint density at radius 3 is 3.00 bits per heavy atom. The number of rotatable bonds is 1. The average molecular weight is 217 g/mol. The Kier molecular flexibility index (Phi) is 1.96. The summed E-state index contributed by atoms with van der Waals surface area (Å²) >= 11 is 5.78. The van der Waals surface area contributed by atoms with Gasteiger partial charge in [0.2, 0.25) is 0 Å². The summed E-state index contributed by atoms with van der Waals surface area (Å²) in [5.41, 5.74) is 5.44. The molecule has 0 aliphatic carbocycles. The van der Waals surface area contributed by atoms with E-state index in [1.54, 1.807) is 0 Å². The van der Waals surface area contributed by atoms with Gasteiger partial charge in [0.05, 0.1) is 29.5 Å². The molecule has 0 saturated carbocycles. The number of allylic oxidation sites excluding steroid dienone is 1. The molecular weight excluding hydrogens is 208 g/mol. The number of para-hydroxylation sites is 1. The summed E-state index contributed by atoms with van der Waals surface area (Å²) in [4.78, 5) is 8.89. The average Bonchev–Trinajstić information content (AvgIpc) is 2.66. The van der Waals surface area contributed by atoms with Gasteiger partial charge in [-0.25, -0.2) is 0 Å². The van der Waals surface area contributed by atoms with Crippen LogP contribution in [-0.4, -0.2) is 23.8 Å². The third-order valence-corrected chi connectivity index (χ3v) is 2.91. The standard InChI is InChI=1S/C12H9ClN2/c13-6-8-5-10-9-3-1-2-4-11(9)15-12(10)7-14-8/h1-5H,6-7H2. The van der Waals surface area contributed by atoms with Gasteiger partial charge in [-0.15, -0.1) is 11.6 Å². The third kappa shape index (κ3) is 1.33. The van der Waals surface area contributed by atoms with E-state index in [0.29, 0.717) is 12.4 Å². The number of hydrogen-bond donors (Lipinski definition) is 0. The SMILES string of the molecule is ClCC1=NCC2=Nc3ccccc3C2=C1. The predicted octanol–water partition coefficient (Wildman–Crippen LogP) is 2.85. The van der Waals surface area contributed by atoms with Crippen LogP contribution in [0.4, 0.5) is 5.69 Å². The molecule has 0 aromatic heterocycles. The van der Waals surface area contributed by atoms with Gasteiger partial charge in [-0.1, -0.05) is 18.2 Å². The summed E-state index contributed by atoms with van der Waals surface area (Å²) in [6, 6.07) is 8.16. The van der Waals surface area contributed by atoms with Crippen LogP contribution in [-0.2, 0) is 0 Å². The molecule has 2 nitrogen and oxygen atoms in total. The highest BCUT2D eigenvalue weighted by atomic mass is 35.5. The molecule has 0 fully saturated rings. The van der Waals surface area contributed by atoms with Gasteiger partial charge in [0.25, 0.3) is 0 Å². The van der Waals surface area contributed by atoms with Crippen molar-refractivity contribution in [2.75, 3.05) is 12.4 Å². The molecule has 2 heterocycles. The summed E-state index contributed by atoms with van der Waals surface area (Å²) in [7, 11) is 0. The van der Waals surface area contributed by atoms with Crippen molar-refractivity contribution >= 4 is 34.3 Å². The maximum Gasteiger partial charge on any atom is 0.0822 e. The van der Waals surface area contributed by atoms with Crippen LogP contribution in [0.3, 0.4) is 0 Å². The Labute approximate surface area is 93.0 Å². The van der Waals surface area contributed by atoms with E-state index in [4.69, 9.17) is 11.6 Å². The number of alkyl halides is 1. The number of hydrogen-bond acceptors (Lipinski definition) is 2. The molecular formula is C12H9ClN2. The second kappa shape index (κ2) is 3.31. The molecule has 0 N–H and O–H groups in total. The summed E-state index contributed by atoms with van der Waals surface area (Å²) in [6.07, 6.45) is 2.04. The number of fused-ring (bicyclic) bond motifs is 3. The summed E-state index contributed by atoms with van der Waals surface area (Å²) < 4.78 is 0. The minimum Gasteiger partial charge on any atom is -0.282 e. The lowest BCUT2D eigenvalue weighted by Crippen LogP contribution is -2.13. The maximum absolute atomic E-state index is 5.78. The van der Waals surface area contributed by atoms with Gasteiger partial charge in [0.1, 0.15) is 0 Å². The molecule has 0 atom stereocenters. The second-order valence-electron chi connectivity index (χ2n) is 3.57. The molecule has 1 aromatic rings. The number of nitrogens with zero attached hydrogens (tertiary/aromatic N) is 2. The molecule has 74 valence electrons. The van der Waals surface area contributed by atoms with Gasteiger partial charge >= 0.3 is 0 Å². The lowest BCUT2D eigenvalue weighted by Gasteiger charge is -2.09. The number of dihydropyridines is 1. The Balaban J connectivity index is 2.14. The zero-order valence-electron chi connectivity index (χ0n) is 8.07. The summed E-state index contributed by atoms with van der Waals surface area (Å²) in [5, 5.41) is 0. The van der Waals surface area contributed by atoms with Gasteiger partial charge in [0.15, 0.2) is 0 Å². The van der Waals surface area contributed by atoms with Crippen molar-refractivity contribution in [1.29, 1.82) is 0 Å². The van der Waals surface area contributed by atoms with Gasteiger partial charge < -0.3 is 0 Å².